The summed E-state index contributed by atoms with van der Waals surface area (Å²) in [6.45, 7) is 5.10. The SMILES string of the molecule is CC(C)c1ccc(-c2noc(CCC(=O)OCc3nccn3Cc3ccccc3)n2)cc1. The van der Waals surface area contributed by atoms with Gasteiger partial charge in [-0.05, 0) is 17.0 Å². The lowest BCUT2D eigenvalue weighted by atomic mass is 10.0. The van der Waals surface area contributed by atoms with Crippen LogP contribution in [0.4, 0.5) is 0 Å². The van der Waals surface area contributed by atoms with E-state index in [4.69, 9.17) is 9.26 Å². The number of rotatable bonds is 9. The van der Waals surface area contributed by atoms with Crippen molar-refractivity contribution in [2.45, 2.75) is 45.8 Å². The number of carbonyl (C=O) groups is 1. The molecule has 0 aliphatic heterocycles. The van der Waals surface area contributed by atoms with Gasteiger partial charge in [-0.2, -0.15) is 4.98 Å². The van der Waals surface area contributed by atoms with Crippen molar-refractivity contribution in [3.8, 4) is 11.4 Å². The number of nitrogens with zero attached hydrogens (tertiary/aromatic N) is 4. The Kier molecular flexibility index (Phi) is 6.75. The third kappa shape index (κ3) is 5.49. The molecule has 7 heteroatoms. The van der Waals surface area contributed by atoms with Crippen LogP contribution < -0.4 is 0 Å². The molecule has 0 saturated carbocycles. The van der Waals surface area contributed by atoms with Gasteiger partial charge in [0.1, 0.15) is 12.4 Å². The summed E-state index contributed by atoms with van der Waals surface area (Å²) >= 11 is 0. The molecule has 164 valence electrons. The molecule has 0 bridgehead atoms. The number of imidazole rings is 1. The van der Waals surface area contributed by atoms with Gasteiger partial charge in [0.2, 0.25) is 11.7 Å². The predicted octanol–water partition coefficient (Wildman–Crippen LogP) is 4.78. The summed E-state index contributed by atoms with van der Waals surface area (Å²) in [6.07, 6.45) is 4.07. The van der Waals surface area contributed by atoms with Gasteiger partial charge in [-0.3, -0.25) is 4.79 Å². The van der Waals surface area contributed by atoms with Gasteiger partial charge in [-0.15, -0.1) is 0 Å². The van der Waals surface area contributed by atoms with E-state index in [-0.39, 0.29) is 19.0 Å². The number of ether oxygens (including phenoxy) is 1. The Balaban J connectivity index is 1.27. The Hall–Kier alpha value is -3.74. The van der Waals surface area contributed by atoms with E-state index >= 15 is 0 Å². The first kappa shape index (κ1) is 21.5. The number of esters is 1. The minimum absolute atomic E-state index is 0.121. The molecule has 0 aliphatic rings. The van der Waals surface area contributed by atoms with E-state index in [9.17, 15) is 4.79 Å². The molecule has 0 fully saturated rings. The average molecular weight is 431 g/mol. The smallest absolute Gasteiger partial charge is 0.306 e. The van der Waals surface area contributed by atoms with E-state index in [1.54, 1.807) is 6.20 Å². The Labute approximate surface area is 187 Å². The van der Waals surface area contributed by atoms with Gasteiger partial charge in [0, 0.05) is 30.9 Å². The van der Waals surface area contributed by atoms with Crippen molar-refractivity contribution >= 4 is 5.97 Å². The zero-order chi connectivity index (χ0) is 22.3. The fourth-order valence-electron chi connectivity index (χ4n) is 3.32. The van der Waals surface area contributed by atoms with Crippen molar-refractivity contribution < 1.29 is 14.1 Å². The summed E-state index contributed by atoms with van der Waals surface area (Å²) in [5, 5.41) is 4.03. The van der Waals surface area contributed by atoms with Crippen LogP contribution in [0.15, 0.2) is 71.5 Å². The molecule has 2 heterocycles. The molecule has 0 atom stereocenters. The Morgan fingerprint density at radius 3 is 2.62 bits per heavy atom. The topological polar surface area (TPSA) is 83.0 Å². The third-order valence-corrected chi connectivity index (χ3v) is 5.21. The molecule has 0 amide bonds. The van der Waals surface area contributed by atoms with E-state index in [2.05, 4.69) is 41.1 Å². The molecule has 7 nitrogen and oxygen atoms in total. The molecular weight excluding hydrogens is 404 g/mol. The van der Waals surface area contributed by atoms with Crippen LogP contribution in [0, 0.1) is 0 Å². The van der Waals surface area contributed by atoms with E-state index < -0.39 is 0 Å². The fraction of sp³-hybridized carbons (Fsp3) is 0.280. The minimum atomic E-state index is -0.333. The van der Waals surface area contributed by atoms with Gasteiger partial charge in [-0.1, -0.05) is 73.6 Å². The monoisotopic (exact) mass is 430 g/mol. The largest absolute Gasteiger partial charge is 0.457 e. The lowest BCUT2D eigenvalue weighted by Crippen LogP contribution is -2.11. The molecule has 4 rings (SSSR count). The van der Waals surface area contributed by atoms with Gasteiger partial charge in [0.15, 0.2) is 0 Å². The van der Waals surface area contributed by atoms with Crippen LogP contribution in [0.5, 0.6) is 0 Å². The third-order valence-electron chi connectivity index (χ3n) is 5.21. The zero-order valence-electron chi connectivity index (χ0n) is 18.3. The summed E-state index contributed by atoms with van der Waals surface area (Å²) in [5.74, 6) is 1.77. The van der Waals surface area contributed by atoms with Gasteiger partial charge in [0.05, 0.1) is 6.42 Å². The second-order valence-electron chi connectivity index (χ2n) is 7.91. The highest BCUT2D eigenvalue weighted by Gasteiger charge is 2.13. The number of benzene rings is 2. The highest BCUT2D eigenvalue weighted by molar-refractivity contribution is 5.69. The quantitative estimate of drug-likeness (QED) is 0.355. The lowest BCUT2D eigenvalue weighted by Gasteiger charge is -2.08. The Bertz CT molecular complexity index is 1150. The zero-order valence-corrected chi connectivity index (χ0v) is 18.3. The lowest BCUT2D eigenvalue weighted by molar-refractivity contribution is -0.145. The van der Waals surface area contributed by atoms with E-state index in [0.29, 0.717) is 36.4 Å². The van der Waals surface area contributed by atoms with Crippen molar-refractivity contribution in [2.75, 3.05) is 0 Å². The molecule has 32 heavy (non-hydrogen) atoms. The maximum Gasteiger partial charge on any atom is 0.306 e. The number of hydrogen-bond donors (Lipinski definition) is 0. The van der Waals surface area contributed by atoms with Crippen molar-refractivity contribution in [1.29, 1.82) is 0 Å². The molecule has 0 N–H and O–H groups in total. The molecule has 0 aliphatic carbocycles. The molecular formula is C25H26N4O3. The van der Waals surface area contributed by atoms with E-state index in [0.717, 1.165) is 11.1 Å². The second-order valence-corrected chi connectivity index (χ2v) is 7.91. The normalized spacial score (nSPS) is 11.1. The number of hydrogen-bond acceptors (Lipinski definition) is 6. The first-order valence-electron chi connectivity index (χ1n) is 10.7. The van der Waals surface area contributed by atoms with Gasteiger partial charge in [-0.25, -0.2) is 4.98 Å². The number of aryl methyl sites for hydroxylation is 1. The maximum absolute atomic E-state index is 12.2. The highest BCUT2D eigenvalue weighted by atomic mass is 16.5. The van der Waals surface area contributed by atoms with Crippen LogP contribution in [0.3, 0.4) is 0 Å². The number of carbonyl (C=O) groups excluding carboxylic acids is 1. The van der Waals surface area contributed by atoms with Crippen LogP contribution in [0.25, 0.3) is 11.4 Å². The molecule has 0 radical (unpaired) electrons. The predicted molar refractivity (Wildman–Crippen MR) is 120 cm³/mol. The highest BCUT2D eigenvalue weighted by Crippen LogP contribution is 2.21. The molecule has 0 unspecified atom stereocenters. The molecule has 2 aromatic heterocycles. The molecule has 4 aromatic rings. The minimum Gasteiger partial charge on any atom is -0.457 e. The standard InChI is InChI=1S/C25H26N4O3/c1-18(2)20-8-10-21(11-9-20)25-27-23(32-28-25)12-13-24(30)31-17-22-26-14-15-29(22)16-19-6-4-3-5-7-19/h3-11,14-15,18H,12-13,16-17H2,1-2H3. The Morgan fingerprint density at radius 2 is 1.88 bits per heavy atom. The van der Waals surface area contributed by atoms with Gasteiger partial charge < -0.3 is 13.8 Å². The van der Waals surface area contributed by atoms with E-state index in [1.165, 1.54) is 5.56 Å². The summed E-state index contributed by atoms with van der Waals surface area (Å²) in [4.78, 5) is 20.9. The average Bonchev–Trinajstić information content (AvgIpc) is 3.46. The second kappa shape index (κ2) is 10.0. The van der Waals surface area contributed by atoms with Gasteiger partial charge in [0.25, 0.3) is 0 Å². The van der Waals surface area contributed by atoms with Crippen molar-refractivity contribution in [3.05, 3.63) is 89.8 Å². The summed E-state index contributed by atoms with van der Waals surface area (Å²) in [5.41, 5.74) is 3.30. The fourth-order valence-corrected chi connectivity index (χ4v) is 3.32. The number of aromatic nitrogens is 4. The van der Waals surface area contributed by atoms with Crippen LogP contribution in [-0.2, 0) is 29.1 Å². The van der Waals surface area contributed by atoms with Crippen molar-refractivity contribution in [2.24, 2.45) is 0 Å². The first-order valence-corrected chi connectivity index (χ1v) is 10.7. The van der Waals surface area contributed by atoms with Crippen LogP contribution >= 0.6 is 0 Å². The van der Waals surface area contributed by atoms with Crippen molar-refractivity contribution in [3.63, 3.8) is 0 Å². The van der Waals surface area contributed by atoms with Crippen LogP contribution in [0.2, 0.25) is 0 Å². The summed E-state index contributed by atoms with van der Waals surface area (Å²) < 4.78 is 12.7. The summed E-state index contributed by atoms with van der Waals surface area (Å²) in [6, 6.07) is 18.2. The molecule has 0 spiro atoms. The summed E-state index contributed by atoms with van der Waals surface area (Å²) in [7, 11) is 0. The van der Waals surface area contributed by atoms with Gasteiger partial charge >= 0.3 is 5.97 Å². The molecule has 0 saturated heterocycles. The van der Waals surface area contributed by atoms with Crippen molar-refractivity contribution in [1.82, 2.24) is 19.7 Å². The Morgan fingerprint density at radius 1 is 1.09 bits per heavy atom. The van der Waals surface area contributed by atoms with E-state index in [1.807, 2.05) is 53.2 Å². The molecule has 2 aromatic carbocycles. The first-order chi connectivity index (χ1) is 15.6. The maximum atomic E-state index is 12.2. The van der Waals surface area contributed by atoms with Crippen LogP contribution in [-0.4, -0.2) is 25.7 Å². The van der Waals surface area contributed by atoms with Crippen LogP contribution in [0.1, 0.15) is 49.0 Å².